The number of rotatable bonds is 3. The van der Waals surface area contributed by atoms with E-state index in [2.05, 4.69) is 6.07 Å². The molecule has 1 aromatic carbocycles. The Kier molecular flexibility index (Phi) is 4.02. The van der Waals surface area contributed by atoms with E-state index in [0.717, 1.165) is 12.0 Å². The molecule has 0 aliphatic carbocycles. The predicted molar refractivity (Wildman–Crippen MR) is 64.2 cm³/mol. The molecule has 15 heavy (non-hydrogen) atoms. The zero-order valence-corrected chi connectivity index (χ0v) is 10.4. The molecule has 0 aliphatic rings. The van der Waals surface area contributed by atoms with Crippen LogP contribution in [0.15, 0.2) is 18.2 Å². The van der Waals surface area contributed by atoms with Crippen molar-refractivity contribution < 1.29 is 0 Å². The minimum absolute atomic E-state index is 0.322. The largest absolute Gasteiger partial charge is 0.198 e. The molecular formula is C12H13Cl2N. The number of nitriles is 1. The summed E-state index contributed by atoms with van der Waals surface area (Å²) < 4.78 is 0. The second-order valence-corrected chi connectivity index (χ2v) is 4.77. The van der Waals surface area contributed by atoms with Gasteiger partial charge in [0.05, 0.1) is 21.5 Å². The predicted octanol–water partition coefficient (Wildman–Crippen LogP) is 4.48. The molecule has 0 aromatic heterocycles. The minimum Gasteiger partial charge on any atom is -0.198 e. The normalized spacial score (nSPS) is 14.3. The lowest BCUT2D eigenvalue weighted by Crippen LogP contribution is -2.15. The standard InChI is InChI=1S/C12H13Cl2N/c1-3-12(2,8-15)7-9-4-5-10(13)11(14)6-9/h4-6H,3,7H2,1-2H3. The summed E-state index contributed by atoms with van der Waals surface area (Å²) in [7, 11) is 0. The highest BCUT2D eigenvalue weighted by molar-refractivity contribution is 6.42. The SMILES string of the molecule is CCC(C)(C#N)Cc1ccc(Cl)c(Cl)c1. The smallest absolute Gasteiger partial charge is 0.0690 e. The molecular weight excluding hydrogens is 229 g/mol. The fourth-order valence-corrected chi connectivity index (χ4v) is 1.66. The van der Waals surface area contributed by atoms with E-state index in [1.54, 1.807) is 6.07 Å². The van der Waals surface area contributed by atoms with Crippen molar-refractivity contribution in [1.82, 2.24) is 0 Å². The topological polar surface area (TPSA) is 23.8 Å². The summed E-state index contributed by atoms with van der Waals surface area (Å²) in [5.41, 5.74) is 0.729. The quantitative estimate of drug-likeness (QED) is 0.766. The molecule has 0 aliphatic heterocycles. The average Bonchev–Trinajstić information content (AvgIpc) is 2.23. The summed E-state index contributed by atoms with van der Waals surface area (Å²) in [4.78, 5) is 0. The molecule has 3 heteroatoms. The van der Waals surface area contributed by atoms with Gasteiger partial charge in [-0.2, -0.15) is 5.26 Å². The lowest BCUT2D eigenvalue weighted by atomic mass is 9.83. The van der Waals surface area contributed by atoms with Gasteiger partial charge in [-0.25, -0.2) is 0 Å². The van der Waals surface area contributed by atoms with Crippen molar-refractivity contribution in [3.63, 3.8) is 0 Å². The molecule has 1 aromatic rings. The number of benzene rings is 1. The van der Waals surface area contributed by atoms with Crippen molar-refractivity contribution in [2.45, 2.75) is 26.7 Å². The van der Waals surface area contributed by atoms with Crippen LogP contribution in [0.4, 0.5) is 0 Å². The molecule has 0 heterocycles. The van der Waals surface area contributed by atoms with Crippen LogP contribution in [0.1, 0.15) is 25.8 Å². The van der Waals surface area contributed by atoms with Gasteiger partial charge in [0.25, 0.3) is 0 Å². The molecule has 1 rings (SSSR count). The summed E-state index contributed by atoms with van der Waals surface area (Å²) >= 11 is 11.7. The van der Waals surface area contributed by atoms with Gasteiger partial charge in [-0.15, -0.1) is 0 Å². The van der Waals surface area contributed by atoms with Gasteiger partial charge in [0.1, 0.15) is 0 Å². The van der Waals surface area contributed by atoms with Crippen LogP contribution in [0.25, 0.3) is 0 Å². The summed E-state index contributed by atoms with van der Waals surface area (Å²) in [5, 5.41) is 10.2. The summed E-state index contributed by atoms with van der Waals surface area (Å²) in [6, 6.07) is 7.85. The summed E-state index contributed by atoms with van der Waals surface area (Å²) in [6.45, 7) is 3.97. The fraction of sp³-hybridized carbons (Fsp3) is 0.417. The van der Waals surface area contributed by atoms with Gasteiger partial charge in [-0.3, -0.25) is 0 Å². The van der Waals surface area contributed by atoms with E-state index >= 15 is 0 Å². The van der Waals surface area contributed by atoms with Crippen LogP contribution in [-0.4, -0.2) is 0 Å². The van der Waals surface area contributed by atoms with Crippen LogP contribution in [0.2, 0.25) is 10.0 Å². The highest BCUT2D eigenvalue weighted by atomic mass is 35.5. The Hall–Kier alpha value is -0.710. The Balaban J connectivity index is 2.91. The van der Waals surface area contributed by atoms with Gasteiger partial charge < -0.3 is 0 Å². The van der Waals surface area contributed by atoms with Crippen LogP contribution in [0.5, 0.6) is 0 Å². The fourth-order valence-electron chi connectivity index (χ4n) is 1.34. The van der Waals surface area contributed by atoms with Crippen molar-refractivity contribution in [3.05, 3.63) is 33.8 Å². The molecule has 0 saturated heterocycles. The lowest BCUT2D eigenvalue weighted by molar-refractivity contribution is 0.423. The van der Waals surface area contributed by atoms with Crippen LogP contribution in [0.3, 0.4) is 0 Å². The first-order valence-corrected chi connectivity index (χ1v) is 5.61. The van der Waals surface area contributed by atoms with Gasteiger partial charge in [-0.1, -0.05) is 36.2 Å². The maximum atomic E-state index is 9.06. The lowest BCUT2D eigenvalue weighted by Gasteiger charge is -2.19. The van der Waals surface area contributed by atoms with E-state index in [4.69, 9.17) is 28.5 Å². The maximum Gasteiger partial charge on any atom is 0.0690 e. The van der Waals surface area contributed by atoms with E-state index in [0.29, 0.717) is 16.5 Å². The highest BCUT2D eigenvalue weighted by Crippen LogP contribution is 2.29. The third-order valence-corrected chi connectivity index (χ3v) is 3.37. The minimum atomic E-state index is -0.322. The Morgan fingerprint density at radius 2 is 2.00 bits per heavy atom. The van der Waals surface area contributed by atoms with Gasteiger partial charge in [0, 0.05) is 0 Å². The molecule has 0 bridgehead atoms. The van der Waals surface area contributed by atoms with E-state index in [1.807, 2.05) is 26.0 Å². The van der Waals surface area contributed by atoms with Crippen molar-refractivity contribution in [2.75, 3.05) is 0 Å². The summed E-state index contributed by atoms with van der Waals surface area (Å²) in [6.07, 6.45) is 1.53. The van der Waals surface area contributed by atoms with Gasteiger partial charge in [0.15, 0.2) is 0 Å². The Morgan fingerprint density at radius 3 is 2.47 bits per heavy atom. The zero-order chi connectivity index (χ0) is 11.5. The van der Waals surface area contributed by atoms with Crippen LogP contribution in [-0.2, 0) is 6.42 Å². The molecule has 0 spiro atoms. The number of halogens is 2. The molecule has 1 nitrogen and oxygen atoms in total. The van der Waals surface area contributed by atoms with Gasteiger partial charge in [-0.05, 0) is 37.5 Å². The first-order chi connectivity index (χ1) is 7.00. The maximum absolute atomic E-state index is 9.06. The van der Waals surface area contributed by atoms with Crippen molar-refractivity contribution in [2.24, 2.45) is 5.41 Å². The molecule has 1 atom stereocenters. The third kappa shape index (κ3) is 3.12. The number of hydrogen-bond acceptors (Lipinski definition) is 1. The Morgan fingerprint density at radius 1 is 1.33 bits per heavy atom. The second-order valence-electron chi connectivity index (χ2n) is 3.95. The third-order valence-electron chi connectivity index (χ3n) is 2.63. The highest BCUT2D eigenvalue weighted by Gasteiger charge is 2.21. The van der Waals surface area contributed by atoms with E-state index < -0.39 is 0 Å². The zero-order valence-electron chi connectivity index (χ0n) is 8.85. The molecule has 1 unspecified atom stereocenters. The molecule has 0 radical (unpaired) electrons. The Bertz CT molecular complexity index is 395. The van der Waals surface area contributed by atoms with Crippen molar-refractivity contribution >= 4 is 23.2 Å². The van der Waals surface area contributed by atoms with Crippen LogP contribution < -0.4 is 0 Å². The first-order valence-electron chi connectivity index (χ1n) is 4.86. The van der Waals surface area contributed by atoms with Crippen LogP contribution >= 0.6 is 23.2 Å². The number of hydrogen-bond donors (Lipinski definition) is 0. The Labute approximate surface area is 101 Å². The van der Waals surface area contributed by atoms with Crippen LogP contribution in [0, 0.1) is 16.7 Å². The molecule has 0 fully saturated rings. The van der Waals surface area contributed by atoms with Crippen molar-refractivity contribution in [1.29, 1.82) is 5.26 Å². The number of nitrogens with zero attached hydrogens (tertiary/aromatic N) is 1. The molecule has 0 saturated carbocycles. The van der Waals surface area contributed by atoms with E-state index in [9.17, 15) is 0 Å². The average molecular weight is 242 g/mol. The van der Waals surface area contributed by atoms with E-state index in [-0.39, 0.29) is 5.41 Å². The van der Waals surface area contributed by atoms with E-state index in [1.165, 1.54) is 0 Å². The second kappa shape index (κ2) is 4.88. The monoisotopic (exact) mass is 241 g/mol. The first kappa shape index (κ1) is 12.4. The van der Waals surface area contributed by atoms with Gasteiger partial charge in [0.2, 0.25) is 0 Å². The summed E-state index contributed by atoms with van der Waals surface area (Å²) in [5.74, 6) is 0. The molecule has 80 valence electrons. The van der Waals surface area contributed by atoms with Crippen molar-refractivity contribution in [3.8, 4) is 6.07 Å². The molecule has 0 N–H and O–H groups in total. The van der Waals surface area contributed by atoms with Gasteiger partial charge >= 0.3 is 0 Å². The molecule has 0 amide bonds.